The van der Waals surface area contributed by atoms with Crippen molar-refractivity contribution in [3.05, 3.63) is 54.4 Å². The summed E-state index contributed by atoms with van der Waals surface area (Å²) < 4.78 is 36.8. The number of ether oxygens (including phenoxy) is 2. The van der Waals surface area contributed by atoms with Crippen LogP contribution in [0.5, 0.6) is 11.5 Å². The summed E-state index contributed by atoms with van der Waals surface area (Å²) in [4.78, 5) is 2.43. The second-order valence-corrected chi connectivity index (χ2v) is 9.11. The molecule has 10 heteroatoms. The van der Waals surface area contributed by atoms with Crippen molar-refractivity contribution in [2.45, 2.75) is 24.5 Å². The molecule has 0 fully saturated rings. The van der Waals surface area contributed by atoms with E-state index >= 15 is 0 Å². The third-order valence-electron chi connectivity index (χ3n) is 4.89. The van der Waals surface area contributed by atoms with Crippen LogP contribution in [0.3, 0.4) is 0 Å². The molecule has 1 atom stereocenters. The molecule has 1 aliphatic rings. The molecule has 0 aliphatic carbocycles. The molecule has 0 radical (unpaired) electrons. The van der Waals surface area contributed by atoms with Crippen molar-refractivity contribution < 1.29 is 17.9 Å². The maximum Gasteiger partial charge on any atom is 0.175 e. The highest BCUT2D eigenvalue weighted by Crippen LogP contribution is 2.31. The largest absolute Gasteiger partial charge is 0.486 e. The fourth-order valence-electron chi connectivity index (χ4n) is 3.29. The molecule has 1 aromatic heterocycles. The summed E-state index contributed by atoms with van der Waals surface area (Å²) in [6.45, 7) is 4.49. The van der Waals surface area contributed by atoms with Crippen LogP contribution in [0.2, 0.25) is 0 Å². The van der Waals surface area contributed by atoms with Gasteiger partial charge in [0.25, 0.3) is 0 Å². The first kappa shape index (κ1) is 20.3. The number of sulfone groups is 1. The van der Waals surface area contributed by atoms with Gasteiger partial charge in [-0.15, -0.1) is 5.10 Å². The monoisotopic (exact) mass is 429 g/mol. The quantitative estimate of drug-likeness (QED) is 0.560. The van der Waals surface area contributed by atoms with Gasteiger partial charge in [0, 0.05) is 12.8 Å². The van der Waals surface area contributed by atoms with Crippen molar-refractivity contribution in [3.63, 3.8) is 0 Å². The molecule has 0 N–H and O–H groups in total. The second kappa shape index (κ2) is 8.41. The van der Waals surface area contributed by atoms with Gasteiger partial charge in [0.15, 0.2) is 27.2 Å². The minimum atomic E-state index is -3.25. The predicted octanol–water partition coefficient (Wildman–Crippen LogP) is 1.73. The summed E-state index contributed by atoms with van der Waals surface area (Å²) in [6, 6.07) is 14.1. The van der Waals surface area contributed by atoms with Crippen LogP contribution in [0.1, 0.15) is 12.7 Å². The van der Waals surface area contributed by atoms with E-state index in [1.807, 2.05) is 24.3 Å². The summed E-state index contributed by atoms with van der Waals surface area (Å²) in [5.74, 6) is 2.17. The molecule has 3 aromatic rings. The standard InChI is InChI=1S/C20H23N5O4S/c1-3-24(12-16-14-28-18-6-4-5-7-19(18)29-16)13-20-21-22-23-25(20)15-8-10-17(11-9-15)30(2,26)27/h4-11,16H,3,12-14H2,1-2H3. The SMILES string of the molecule is CCN(Cc1nnnn1-c1ccc(S(C)(=O)=O)cc1)CC1COc2ccccc2O1. The fourth-order valence-corrected chi connectivity index (χ4v) is 3.92. The van der Waals surface area contributed by atoms with Crippen molar-refractivity contribution >= 4 is 9.84 Å². The molecule has 1 aliphatic heterocycles. The molecule has 2 heterocycles. The topological polar surface area (TPSA) is 99.4 Å². The highest BCUT2D eigenvalue weighted by molar-refractivity contribution is 7.90. The number of hydrogen-bond donors (Lipinski definition) is 0. The van der Waals surface area contributed by atoms with Gasteiger partial charge in [-0.2, -0.15) is 4.68 Å². The first-order valence-electron chi connectivity index (χ1n) is 9.62. The number of aromatic nitrogens is 4. The van der Waals surface area contributed by atoms with Crippen molar-refractivity contribution in [1.29, 1.82) is 0 Å². The zero-order valence-corrected chi connectivity index (χ0v) is 17.6. The lowest BCUT2D eigenvalue weighted by atomic mass is 10.2. The van der Waals surface area contributed by atoms with E-state index in [1.54, 1.807) is 28.9 Å². The van der Waals surface area contributed by atoms with Crippen LogP contribution in [0, 0.1) is 0 Å². The van der Waals surface area contributed by atoms with Gasteiger partial charge in [0.2, 0.25) is 0 Å². The van der Waals surface area contributed by atoms with Gasteiger partial charge >= 0.3 is 0 Å². The number of rotatable bonds is 7. The van der Waals surface area contributed by atoms with Gasteiger partial charge in [-0.1, -0.05) is 19.1 Å². The Bertz CT molecular complexity index is 1110. The van der Waals surface area contributed by atoms with Gasteiger partial charge in [0.1, 0.15) is 12.7 Å². The van der Waals surface area contributed by atoms with Crippen LogP contribution in [-0.4, -0.2) is 65.6 Å². The molecule has 2 aromatic carbocycles. The molecule has 0 amide bonds. The molecule has 0 bridgehead atoms. The normalized spacial score (nSPS) is 16.0. The van der Waals surface area contributed by atoms with Crippen LogP contribution in [0.25, 0.3) is 5.69 Å². The van der Waals surface area contributed by atoms with Crippen molar-refractivity contribution in [3.8, 4) is 17.2 Å². The Balaban J connectivity index is 1.46. The summed E-state index contributed by atoms with van der Waals surface area (Å²) >= 11 is 0. The minimum absolute atomic E-state index is 0.0989. The van der Waals surface area contributed by atoms with E-state index < -0.39 is 9.84 Å². The molecular formula is C20H23N5O4S. The number of para-hydroxylation sites is 2. The van der Waals surface area contributed by atoms with E-state index in [0.717, 1.165) is 18.0 Å². The van der Waals surface area contributed by atoms with Crippen LogP contribution in [-0.2, 0) is 16.4 Å². The highest BCUT2D eigenvalue weighted by atomic mass is 32.2. The molecule has 4 rings (SSSR count). The van der Waals surface area contributed by atoms with Crippen molar-refractivity contribution in [1.82, 2.24) is 25.1 Å². The number of tetrazole rings is 1. The van der Waals surface area contributed by atoms with Gasteiger partial charge in [-0.25, -0.2) is 8.42 Å². The summed E-state index contributed by atoms with van der Waals surface area (Å²) in [5, 5.41) is 12.0. The molecule has 0 saturated carbocycles. The lowest BCUT2D eigenvalue weighted by Gasteiger charge is -2.30. The summed E-state index contributed by atoms with van der Waals surface area (Å²) in [6.07, 6.45) is 1.08. The lowest BCUT2D eigenvalue weighted by Crippen LogP contribution is -2.41. The smallest absolute Gasteiger partial charge is 0.175 e. The van der Waals surface area contributed by atoms with E-state index in [0.29, 0.717) is 31.2 Å². The fraction of sp³-hybridized carbons (Fsp3) is 0.350. The maximum absolute atomic E-state index is 11.7. The van der Waals surface area contributed by atoms with E-state index in [2.05, 4.69) is 27.3 Å². The van der Waals surface area contributed by atoms with E-state index in [-0.39, 0.29) is 11.0 Å². The predicted molar refractivity (Wildman–Crippen MR) is 110 cm³/mol. The zero-order chi connectivity index (χ0) is 21.1. The first-order valence-corrected chi connectivity index (χ1v) is 11.5. The molecule has 30 heavy (non-hydrogen) atoms. The van der Waals surface area contributed by atoms with Gasteiger partial charge in [0.05, 0.1) is 17.1 Å². The third kappa shape index (κ3) is 4.44. The molecule has 0 saturated heterocycles. The van der Waals surface area contributed by atoms with Crippen molar-refractivity contribution in [2.24, 2.45) is 0 Å². The number of nitrogens with zero attached hydrogens (tertiary/aromatic N) is 5. The second-order valence-electron chi connectivity index (χ2n) is 7.10. The molecule has 9 nitrogen and oxygen atoms in total. The van der Waals surface area contributed by atoms with Crippen molar-refractivity contribution in [2.75, 3.05) is 26.0 Å². The molecule has 0 spiro atoms. The zero-order valence-electron chi connectivity index (χ0n) is 16.8. The average Bonchev–Trinajstić information content (AvgIpc) is 3.20. The number of benzene rings is 2. The Labute approximate surface area is 175 Å². The first-order chi connectivity index (χ1) is 14.4. The molecular weight excluding hydrogens is 406 g/mol. The van der Waals surface area contributed by atoms with Gasteiger partial charge in [-0.05, 0) is 53.4 Å². The van der Waals surface area contributed by atoms with E-state index in [1.165, 1.54) is 6.26 Å². The average molecular weight is 430 g/mol. The Morgan fingerprint density at radius 3 is 2.57 bits per heavy atom. The third-order valence-corrected chi connectivity index (χ3v) is 6.01. The van der Waals surface area contributed by atoms with Crippen LogP contribution in [0.4, 0.5) is 0 Å². The van der Waals surface area contributed by atoms with Crippen LogP contribution >= 0.6 is 0 Å². The highest BCUT2D eigenvalue weighted by Gasteiger charge is 2.24. The number of hydrogen-bond acceptors (Lipinski definition) is 8. The Morgan fingerprint density at radius 2 is 1.87 bits per heavy atom. The maximum atomic E-state index is 11.7. The summed E-state index contributed by atoms with van der Waals surface area (Å²) in [7, 11) is -3.25. The minimum Gasteiger partial charge on any atom is -0.486 e. The molecule has 158 valence electrons. The number of likely N-dealkylation sites (N-methyl/N-ethyl adjacent to an activating group) is 1. The van der Waals surface area contributed by atoms with E-state index in [4.69, 9.17) is 9.47 Å². The van der Waals surface area contributed by atoms with E-state index in [9.17, 15) is 8.42 Å². The van der Waals surface area contributed by atoms with Crippen LogP contribution in [0.15, 0.2) is 53.4 Å². The van der Waals surface area contributed by atoms with Gasteiger partial charge in [-0.3, -0.25) is 4.90 Å². The Morgan fingerprint density at radius 1 is 1.13 bits per heavy atom. The Hall–Kier alpha value is -2.98. The summed E-state index contributed by atoms with van der Waals surface area (Å²) in [5.41, 5.74) is 0.699. The lowest BCUT2D eigenvalue weighted by molar-refractivity contribution is 0.0571. The Kier molecular flexibility index (Phi) is 5.69. The van der Waals surface area contributed by atoms with Crippen LogP contribution < -0.4 is 9.47 Å². The number of fused-ring (bicyclic) bond motifs is 1. The molecule has 1 unspecified atom stereocenters. The van der Waals surface area contributed by atoms with Gasteiger partial charge < -0.3 is 9.47 Å².